The average molecular weight is 214 g/mol. The number of nitrogen functional groups attached to an aromatic ring is 1. The van der Waals surface area contributed by atoms with Crippen LogP contribution < -0.4 is 10.5 Å². The predicted octanol–water partition coefficient (Wildman–Crippen LogP) is 2.65. The maximum Gasteiger partial charge on any atom is 0.119 e. The molecule has 0 atom stereocenters. The van der Waals surface area contributed by atoms with Crippen LogP contribution in [0.4, 0.5) is 5.69 Å². The van der Waals surface area contributed by atoms with Crippen LogP contribution in [0, 0.1) is 6.92 Å². The normalized spacial score (nSPS) is 10.1. The number of rotatable bonds is 2. The summed E-state index contributed by atoms with van der Waals surface area (Å²) in [5.74, 6) is 0.799. The maximum absolute atomic E-state index is 5.96. The van der Waals surface area contributed by atoms with E-state index < -0.39 is 0 Å². The third-order valence-electron chi connectivity index (χ3n) is 2.59. The molecule has 0 bridgehead atoms. The van der Waals surface area contributed by atoms with Gasteiger partial charge in [-0.15, -0.1) is 0 Å². The second-order valence-electron chi connectivity index (χ2n) is 3.64. The number of nitrogens with two attached hydrogens (primary N) is 1. The van der Waals surface area contributed by atoms with E-state index in [9.17, 15) is 0 Å². The van der Waals surface area contributed by atoms with Crippen LogP contribution in [0.25, 0.3) is 11.1 Å². The van der Waals surface area contributed by atoms with Crippen LogP contribution >= 0.6 is 0 Å². The fraction of sp³-hybridized carbons (Fsp3) is 0.154. The van der Waals surface area contributed by atoms with Gasteiger partial charge in [0, 0.05) is 29.2 Å². The van der Waals surface area contributed by atoms with Gasteiger partial charge in [0.05, 0.1) is 7.11 Å². The van der Waals surface area contributed by atoms with Crippen molar-refractivity contribution in [1.82, 2.24) is 4.98 Å². The smallest absolute Gasteiger partial charge is 0.119 e. The lowest BCUT2D eigenvalue weighted by Gasteiger charge is -2.10. The van der Waals surface area contributed by atoms with Gasteiger partial charge in [-0.25, -0.2) is 0 Å². The summed E-state index contributed by atoms with van der Waals surface area (Å²) < 4.78 is 5.20. The summed E-state index contributed by atoms with van der Waals surface area (Å²) in [4.78, 5) is 4.12. The molecular formula is C13H14N2O. The maximum atomic E-state index is 5.96. The van der Waals surface area contributed by atoms with Crippen molar-refractivity contribution in [3.8, 4) is 16.9 Å². The standard InChI is InChI=1S/C13H14N2O/c1-9-5-6-15-8-12(9)11-7-10(16-2)3-4-13(11)14/h3-8H,14H2,1-2H3. The number of hydrogen-bond acceptors (Lipinski definition) is 3. The largest absolute Gasteiger partial charge is 0.497 e. The highest BCUT2D eigenvalue weighted by Crippen LogP contribution is 2.31. The van der Waals surface area contributed by atoms with E-state index in [1.807, 2.05) is 37.4 Å². The molecule has 0 saturated carbocycles. The molecule has 3 heteroatoms. The number of aryl methyl sites for hydroxylation is 1. The lowest BCUT2D eigenvalue weighted by Crippen LogP contribution is -1.93. The van der Waals surface area contributed by atoms with Crippen molar-refractivity contribution < 1.29 is 4.74 Å². The van der Waals surface area contributed by atoms with Crippen LogP contribution in [0.5, 0.6) is 5.75 Å². The van der Waals surface area contributed by atoms with E-state index in [1.54, 1.807) is 13.3 Å². The number of pyridine rings is 1. The van der Waals surface area contributed by atoms with E-state index in [1.165, 1.54) is 0 Å². The molecule has 0 amide bonds. The molecule has 2 N–H and O–H groups in total. The zero-order chi connectivity index (χ0) is 11.5. The van der Waals surface area contributed by atoms with Gasteiger partial charge in [0.2, 0.25) is 0 Å². The summed E-state index contributed by atoms with van der Waals surface area (Å²) in [7, 11) is 1.64. The molecule has 0 aliphatic carbocycles. The molecule has 1 aromatic heterocycles. The lowest BCUT2D eigenvalue weighted by molar-refractivity contribution is 0.415. The third-order valence-corrected chi connectivity index (χ3v) is 2.59. The molecule has 82 valence electrons. The van der Waals surface area contributed by atoms with Crippen molar-refractivity contribution >= 4 is 5.69 Å². The second-order valence-corrected chi connectivity index (χ2v) is 3.64. The topological polar surface area (TPSA) is 48.1 Å². The number of methoxy groups -OCH3 is 1. The molecular weight excluding hydrogens is 200 g/mol. The molecule has 0 spiro atoms. The number of ether oxygens (including phenoxy) is 1. The number of nitrogens with zero attached hydrogens (tertiary/aromatic N) is 1. The molecule has 16 heavy (non-hydrogen) atoms. The molecule has 2 aromatic rings. The van der Waals surface area contributed by atoms with Gasteiger partial charge >= 0.3 is 0 Å². The SMILES string of the molecule is COc1ccc(N)c(-c2cnccc2C)c1. The Bertz CT molecular complexity index is 509. The lowest BCUT2D eigenvalue weighted by atomic mass is 10.0. The van der Waals surface area contributed by atoms with Crippen LogP contribution in [0.1, 0.15) is 5.56 Å². The molecule has 0 aliphatic heterocycles. The van der Waals surface area contributed by atoms with Crippen molar-refractivity contribution in [2.45, 2.75) is 6.92 Å². The fourth-order valence-corrected chi connectivity index (χ4v) is 1.64. The number of hydrogen-bond donors (Lipinski definition) is 1. The minimum atomic E-state index is 0.733. The van der Waals surface area contributed by atoms with E-state index in [-0.39, 0.29) is 0 Å². The van der Waals surface area contributed by atoms with Crippen LogP contribution in [0.2, 0.25) is 0 Å². The van der Waals surface area contributed by atoms with E-state index in [4.69, 9.17) is 10.5 Å². The van der Waals surface area contributed by atoms with Crippen LogP contribution in [-0.2, 0) is 0 Å². The van der Waals surface area contributed by atoms with Crippen molar-refractivity contribution in [3.63, 3.8) is 0 Å². The highest BCUT2D eigenvalue weighted by Gasteiger charge is 2.07. The minimum absolute atomic E-state index is 0.733. The van der Waals surface area contributed by atoms with E-state index in [2.05, 4.69) is 4.98 Å². The van der Waals surface area contributed by atoms with Crippen LogP contribution in [-0.4, -0.2) is 12.1 Å². The first kappa shape index (κ1) is 10.5. The second kappa shape index (κ2) is 4.23. The Labute approximate surface area is 94.9 Å². The van der Waals surface area contributed by atoms with Gasteiger partial charge in [-0.1, -0.05) is 0 Å². The zero-order valence-corrected chi connectivity index (χ0v) is 9.40. The van der Waals surface area contributed by atoms with Crippen LogP contribution in [0.3, 0.4) is 0 Å². The molecule has 0 unspecified atom stereocenters. The van der Waals surface area contributed by atoms with Gasteiger partial charge in [0.25, 0.3) is 0 Å². The van der Waals surface area contributed by atoms with Crippen molar-refractivity contribution in [2.24, 2.45) is 0 Å². The van der Waals surface area contributed by atoms with E-state index in [0.29, 0.717) is 0 Å². The fourth-order valence-electron chi connectivity index (χ4n) is 1.64. The van der Waals surface area contributed by atoms with Crippen molar-refractivity contribution in [1.29, 1.82) is 0 Å². The molecule has 0 aliphatic rings. The predicted molar refractivity (Wildman–Crippen MR) is 65.4 cm³/mol. The molecule has 1 aromatic carbocycles. The Kier molecular flexibility index (Phi) is 2.77. The summed E-state index contributed by atoms with van der Waals surface area (Å²) in [5.41, 5.74) is 9.85. The Morgan fingerprint density at radius 1 is 1.19 bits per heavy atom. The molecule has 1 heterocycles. The summed E-state index contributed by atoms with van der Waals surface area (Å²) in [6.45, 7) is 2.04. The molecule has 0 radical (unpaired) electrons. The van der Waals surface area contributed by atoms with Gasteiger partial charge in [-0.2, -0.15) is 0 Å². The third kappa shape index (κ3) is 1.84. The number of aromatic nitrogens is 1. The first-order valence-corrected chi connectivity index (χ1v) is 5.07. The summed E-state index contributed by atoms with van der Waals surface area (Å²) in [5, 5.41) is 0. The summed E-state index contributed by atoms with van der Waals surface area (Å²) >= 11 is 0. The van der Waals surface area contributed by atoms with Crippen molar-refractivity contribution in [3.05, 3.63) is 42.2 Å². The van der Waals surface area contributed by atoms with Gasteiger partial charge in [-0.3, -0.25) is 4.98 Å². The Morgan fingerprint density at radius 3 is 2.69 bits per heavy atom. The molecule has 0 saturated heterocycles. The first-order chi connectivity index (χ1) is 7.72. The van der Waals surface area contributed by atoms with Gasteiger partial charge in [0.1, 0.15) is 5.75 Å². The molecule has 3 nitrogen and oxygen atoms in total. The Morgan fingerprint density at radius 2 is 2.00 bits per heavy atom. The number of benzene rings is 1. The highest BCUT2D eigenvalue weighted by molar-refractivity contribution is 5.79. The average Bonchev–Trinajstić information content (AvgIpc) is 2.31. The first-order valence-electron chi connectivity index (χ1n) is 5.07. The summed E-state index contributed by atoms with van der Waals surface area (Å²) in [6.07, 6.45) is 3.59. The van der Waals surface area contributed by atoms with E-state index >= 15 is 0 Å². The van der Waals surface area contributed by atoms with Gasteiger partial charge in [-0.05, 0) is 36.8 Å². The molecule has 0 fully saturated rings. The number of anilines is 1. The van der Waals surface area contributed by atoms with Crippen LogP contribution in [0.15, 0.2) is 36.7 Å². The zero-order valence-electron chi connectivity index (χ0n) is 9.40. The monoisotopic (exact) mass is 214 g/mol. The Balaban J connectivity index is 2.59. The highest BCUT2D eigenvalue weighted by atomic mass is 16.5. The summed E-state index contributed by atoms with van der Waals surface area (Å²) in [6, 6.07) is 7.60. The molecule has 2 rings (SSSR count). The van der Waals surface area contributed by atoms with Crippen molar-refractivity contribution in [2.75, 3.05) is 12.8 Å². The van der Waals surface area contributed by atoms with E-state index in [0.717, 1.165) is 28.1 Å². The Hall–Kier alpha value is -2.03. The van der Waals surface area contributed by atoms with Gasteiger partial charge < -0.3 is 10.5 Å². The van der Waals surface area contributed by atoms with Gasteiger partial charge in [0.15, 0.2) is 0 Å². The quantitative estimate of drug-likeness (QED) is 0.782. The minimum Gasteiger partial charge on any atom is -0.497 e.